The highest BCUT2D eigenvalue weighted by Crippen LogP contribution is 2.34. The van der Waals surface area contributed by atoms with E-state index in [0.717, 1.165) is 6.07 Å². The van der Waals surface area contributed by atoms with Crippen LogP contribution in [0.2, 0.25) is 0 Å². The molecule has 0 radical (unpaired) electrons. The number of aromatic nitrogens is 2. The van der Waals surface area contributed by atoms with Crippen LogP contribution in [0.1, 0.15) is 21.6 Å². The van der Waals surface area contributed by atoms with Gasteiger partial charge in [-0.1, -0.05) is 18.2 Å². The van der Waals surface area contributed by atoms with Gasteiger partial charge in [-0.2, -0.15) is 18.3 Å². The Kier molecular flexibility index (Phi) is 5.09. The summed E-state index contributed by atoms with van der Waals surface area (Å²) in [6, 6.07) is 10.5. The summed E-state index contributed by atoms with van der Waals surface area (Å²) in [5, 5.41) is 13.0. The number of carboxylic acids is 1. The number of anilines is 1. The van der Waals surface area contributed by atoms with Crippen molar-refractivity contribution >= 4 is 21.7 Å². The molecule has 0 fully saturated rings. The van der Waals surface area contributed by atoms with Crippen LogP contribution in [-0.4, -0.2) is 29.3 Å². The van der Waals surface area contributed by atoms with Crippen molar-refractivity contribution in [1.29, 1.82) is 0 Å². The van der Waals surface area contributed by atoms with E-state index in [4.69, 9.17) is 5.11 Å². The van der Waals surface area contributed by atoms with Crippen LogP contribution in [0, 0.1) is 6.92 Å². The monoisotopic (exact) mass is 425 g/mol. The molecule has 2 aromatic carbocycles. The van der Waals surface area contributed by atoms with Crippen molar-refractivity contribution in [3.63, 3.8) is 0 Å². The fourth-order valence-electron chi connectivity index (χ4n) is 2.65. The Hall–Kier alpha value is -3.34. The van der Waals surface area contributed by atoms with Crippen molar-refractivity contribution in [2.45, 2.75) is 18.0 Å². The second-order valence-electron chi connectivity index (χ2n) is 6.01. The fraction of sp³-hybridized carbons (Fsp3) is 0.111. The van der Waals surface area contributed by atoms with Gasteiger partial charge in [0.1, 0.15) is 0 Å². The lowest BCUT2D eigenvalue weighted by atomic mass is 10.1. The molecule has 3 rings (SSSR count). The molecule has 0 unspecified atom stereocenters. The zero-order chi connectivity index (χ0) is 21.4. The number of hydrogen-bond donors (Lipinski definition) is 2. The maximum absolute atomic E-state index is 13.2. The molecule has 0 aliphatic heterocycles. The molecule has 0 saturated carbocycles. The second-order valence-corrected chi connectivity index (χ2v) is 7.69. The molecule has 11 heteroatoms. The standard InChI is InChI=1S/C18H14F3N3O4S/c1-11-16(10-22-24(11)12-5-3-2-4-6-12)23-29(27,28)13-7-8-14(17(25)26)15(9-13)18(19,20)21/h2-10,23H,1H3,(H,25,26). The zero-order valence-corrected chi connectivity index (χ0v) is 15.6. The van der Waals surface area contributed by atoms with Gasteiger partial charge in [0, 0.05) is 0 Å². The highest BCUT2D eigenvalue weighted by Gasteiger charge is 2.36. The van der Waals surface area contributed by atoms with Crippen LogP contribution < -0.4 is 4.72 Å². The lowest BCUT2D eigenvalue weighted by Crippen LogP contribution is -2.18. The van der Waals surface area contributed by atoms with Gasteiger partial charge in [-0.3, -0.25) is 4.72 Å². The Bertz CT molecular complexity index is 1170. The predicted octanol–water partition coefficient (Wildman–Crippen LogP) is 3.70. The Labute approximate surface area is 163 Å². The van der Waals surface area contributed by atoms with E-state index in [9.17, 15) is 26.4 Å². The van der Waals surface area contributed by atoms with E-state index in [-0.39, 0.29) is 5.69 Å². The van der Waals surface area contributed by atoms with Crippen LogP contribution in [-0.2, 0) is 16.2 Å². The van der Waals surface area contributed by atoms with Gasteiger partial charge in [-0.15, -0.1) is 0 Å². The summed E-state index contributed by atoms with van der Waals surface area (Å²) >= 11 is 0. The first-order valence-corrected chi connectivity index (χ1v) is 9.56. The number of para-hydroxylation sites is 1. The Morgan fingerprint density at radius 2 is 1.79 bits per heavy atom. The zero-order valence-electron chi connectivity index (χ0n) is 14.8. The van der Waals surface area contributed by atoms with Crippen molar-refractivity contribution in [2.24, 2.45) is 0 Å². The number of halogens is 3. The third-order valence-electron chi connectivity index (χ3n) is 4.09. The Balaban J connectivity index is 1.99. The quantitative estimate of drug-likeness (QED) is 0.649. The smallest absolute Gasteiger partial charge is 0.417 e. The minimum absolute atomic E-state index is 0.0738. The van der Waals surface area contributed by atoms with Gasteiger partial charge in [-0.25, -0.2) is 17.9 Å². The van der Waals surface area contributed by atoms with Crippen LogP contribution in [0.15, 0.2) is 59.6 Å². The van der Waals surface area contributed by atoms with Gasteiger partial charge in [-0.05, 0) is 37.3 Å². The molecule has 0 atom stereocenters. The second kappa shape index (κ2) is 7.24. The van der Waals surface area contributed by atoms with E-state index in [1.54, 1.807) is 37.3 Å². The van der Waals surface area contributed by atoms with Crippen molar-refractivity contribution < 1.29 is 31.5 Å². The molecule has 0 bridgehead atoms. The van der Waals surface area contributed by atoms with E-state index in [2.05, 4.69) is 9.82 Å². The number of benzene rings is 2. The predicted molar refractivity (Wildman–Crippen MR) is 97.5 cm³/mol. The molecule has 0 spiro atoms. The summed E-state index contributed by atoms with van der Waals surface area (Å²) in [5.74, 6) is -1.81. The van der Waals surface area contributed by atoms with Gasteiger partial charge in [0.15, 0.2) is 0 Å². The number of nitrogens with one attached hydrogen (secondary N) is 1. The molecule has 0 aliphatic carbocycles. The fourth-order valence-corrected chi connectivity index (χ4v) is 3.78. The summed E-state index contributed by atoms with van der Waals surface area (Å²) in [4.78, 5) is 10.3. The van der Waals surface area contributed by atoms with E-state index in [1.807, 2.05) is 0 Å². The molecule has 1 aromatic heterocycles. The summed E-state index contributed by atoms with van der Waals surface area (Å²) < 4.78 is 68.4. The largest absolute Gasteiger partial charge is 0.478 e. The number of hydrogen-bond acceptors (Lipinski definition) is 4. The SMILES string of the molecule is Cc1c(NS(=O)(=O)c2ccc(C(=O)O)c(C(F)(F)F)c2)cnn1-c1ccccc1. The number of nitrogens with zero attached hydrogens (tertiary/aromatic N) is 2. The van der Waals surface area contributed by atoms with Crippen LogP contribution in [0.5, 0.6) is 0 Å². The maximum Gasteiger partial charge on any atom is 0.417 e. The van der Waals surface area contributed by atoms with E-state index < -0.39 is 38.2 Å². The molecule has 152 valence electrons. The maximum atomic E-state index is 13.2. The van der Waals surface area contributed by atoms with Crippen molar-refractivity contribution in [2.75, 3.05) is 4.72 Å². The molecule has 2 N–H and O–H groups in total. The van der Waals surface area contributed by atoms with E-state index >= 15 is 0 Å². The molecular formula is C18H14F3N3O4S. The highest BCUT2D eigenvalue weighted by atomic mass is 32.2. The number of carbonyl (C=O) groups is 1. The first-order valence-electron chi connectivity index (χ1n) is 8.08. The number of alkyl halides is 3. The minimum atomic E-state index is -5.03. The third kappa shape index (κ3) is 4.09. The van der Waals surface area contributed by atoms with Crippen molar-refractivity contribution in [3.05, 3.63) is 71.5 Å². The van der Waals surface area contributed by atoms with Crippen LogP contribution in [0.3, 0.4) is 0 Å². The number of carboxylic acid groups (broad SMARTS) is 1. The van der Waals surface area contributed by atoms with Crippen molar-refractivity contribution in [3.8, 4) is 5.69 Å². The molecule has 29 heavy (non-hydrogen) atoms. The van der Waals surface area contributed by atoms with Gasteiger partial charge < -0.3 is 5.11 Å². The summed E-state index contributed by atoms with van der Waals surface area (Å²) in [6.07, 6.45) is -3.80. The third-order valence-corrected chi connectivity index (χ3v) is 5.46. The van der Waals surface area contributed by atoms with E-state index in [1.165, 1.54) is 10.9 Å². The molecule has 0 amide bonds. The van der Waals surface area contributed by atoms with Gasteiger partial charge in [0.05, 0.1) is 39.3 Å². The summed E-state index contributed by atoms with van der Waals surface area (Å²) in [5.41, 5.74) is -1.43. The topological polar surface area (TPSA) is 101 Å². The van der Waals surface area contributed by atoms with Gasteiger partial charge in [0.25, 0.3) is 10.0 Å². The van der Waals surface area contributed by atoms with E-state index in [0.29, 0.717) is 23.5 Å². The van der Waals surface area contributed by atoms with Crippen LogP contribution in [0.4, 0.5) is 18.9 Å². The minimum Gasteiger partial charge on any atom is -0.478 e. The summed E-state index contributed by atoms with van der Waals surface area (Å²) in [6.45, 7) is 1.59. The molecular weight excluding hydrogens is 411 g/mol. The van der Waals surface area contributed by atoms with Crippen molar-refractivity contribution in [1.82, 2.24) is 9.78 Å². The lowest BCUT2D eigenvalue weighted by Gasteiger charge is -2.13. The molecule has 7 nitrogen and oxygen atoms in total. The summed E-state index contributed by atoms with van der Waals surface area (Å²) in [7, 11) is -4.43. The molecule has 0 saturated heterocycles. The number of sulfonamides is 1. The highest BCUT2D eigenvalue weighted by molar-refractivity contribution is 7.92. The average Bonchev–Trinajstić information content (AvgIpc) is 3.01. The first kappa shape index (κ1) is 20.4. The van der Waals surface area contributed by atoms with Gasteiger partial charge >= 0.3 is 12.1 Å². The van der Waals surface area contributed by atoms with Crippen LogP contribution >= 0.6 is 0 Å². The average molecular weight is 425 g/mol. The Morgan fingerprint density at radius 1 is 1.14 bits per heavy atom. The Morgan fingerprint density at radius 3 is 2.38 bits per heavy atom. The molecule has 1 heterocycles. The first-order chi connectivity index (χ1) is 13.5. The van der Waals surface area contributed by atoms with Crippen LogP contribution in [0.25, 0.3) is 5.69 Å². The number of rotatable bonds is 5. The molecule has 0 aliphatic rings. The normalized spacial score (nSPS) is 12.0. The van der Waals surface area contributed by atoms with Gasteiger partial charge in [0.2, 0.25) is 0 Å². The number of aromatic carboxylic acids is 1. The lowest BCUT2D eigenvalue weighted by molar-refractivity contribution is -0.138. The molecule has 3 aromatic rings.